The lowest BCUT2D eigenvalue weighted by molar-refractivity contribution is 0.139. The predicted molar refractivity (Wildman–Crippen MR) is 55.9 cm³/mol. The molecule has 1 fully saturated rings. The van der Waals surface area contributed by atoms with Gasteiger partial charge in [0, 0.05) is 6.42 Å². The molecule has 1 aliphatic heterocycles. The van der Waals surface area contributed by atoms with E-state index < -0.39 is 0 Å². The lowest BCUT2D eigenvalue weighted by Crippen LogP contribution is -2.15. The summed E-state index contributed by atoms with van der Waals surface area (Å²) in [6.45, 7) is 1.45. The van der Waals surface area contributed by atoms with E-state index in [1.165, 1.54) is 0 Å². The Hall–Kier alpha value is -1.55. The van der Waals surface area contributed by atoms with E-state index in [1.807, 2.05) is 24.3 Å². The molecule has 0 aliphatic carbocycles. The number of fused-ring (bicyclic) bond motifs is 1. The van der Waals surface area contributed by atoms with Gasteiger partial charge in [-0.25, -0.2) is 0 Å². The smallest absolute Gasteiger partial charge is 0.240 e. The Morgan fingerprint density at radius 2 is 2.33 bits per heavy atom. The number of para-hydroxylation sites is 1. The van der Waals surface area contributed by atoms with Crippen LogP contribution in [-0.2, 0) is 4.74 Å². The van der Waals surface area contributed by atoms with Gasteiger partial charge in [-0.1, -0.05) is 12.1 Å². The standard InChI is InChI=1S/C11H12N2O2/c1-2-4-10-9(3-1)11(13-12-10)15-8-5-6-14-7-8/h1-4,8H,5-7H2,(H,12,13). The first kappa shape index (κ1) is 8.73. The molecule has 3 rings (SSSR count). The van der Waals surface area contributed by atoms with Crippen LogP contribution in [0.15, 0.2) is 24.3 Å². The molecule has 0 radical (unpaired) electrons. The van der Waals surface area contributed by atoms with Crippen molar-refractivity contribution < 1.29 is 9.47 Å². The van der Waals surface area contributed by atoms with Gasteiger partial charge in [-0.15, -0.1) is 5.10 Å². The molecule has 2 aromatic rings. The molecule has 15 heavy (non-hydrogen) atoms. The van der Waals surface area contributed by atoms with Crippen LogP contribution in [0.5, 0.6) is 5.88 Å². The first-order chi connectivity index (χ1) is 7.43. The quantitative estimate of drug-likeness (QED) is 0.810. The molecule has 4 heteroatoms. The van der Waals surface area contributed by atoms with Gasteiger partial charge >= 0.3 is 0 Å². The van der Waals surface area contributed by atoms with Crippen LogP contribution in [-0.4, -0.2) is 29.5 Å². The highest BCUT2D eigenvalue weighted by atomic mass is 16.5. The number of rotatable bonds is 2. The molecule has 1 saturated heterocycles. The molecule has 78 valence electrons. The Morgan fingerprint density at radius 1 is 1.40 bits per heavy atom. The monoisotopic (exact) mass is 204 g/mol. The minimum Gasteiger partial charge on any atom is -0.470 e. The molecule has 1 atom stereocenters. The van der Waals surface area contributed by atoms with Crippen molar-refractivity contribution >= 4 is 10.9 Å². The number of hydrogen-bond donors (Lipinski definition) is 1. The van der Waals surface area contributed by atoms with E-state index in [4.69, 9.17) is 9.47 Å². The van der Waals surface area contributed by atoms with Gasteiger partial charge in [0.1, 0.15) is 6.10 Å². The fraction of sp³-hybridized carbons (Fsp3) is 0.364. The zero-order chi connectivity index (χ0) is 10.1. The Labute approximate surface area is 87.2 Å². The van der Waals surface area contributed by atoms with Gasteiger partial charge in [-0.2, -0.15) is 0 Å². The Bertz CT molecular complexity index is 460. The summed E-state index contributed by atoms with van der Waals surface area (Å²) in [6, 6.07) is 7.95. The van der Waals surface area contributed by atoms with Gasteiger partial charge in [-0.3, -0.25) is 5.10 Å². The molecule has 0 spiro atoms. The maximum absolute atomic E-state index is 5.76. The third kappa shape index (κ3) is 1.57. The summed E-state index contributed by atoms with van der Waals surface area (Å²) in [5.41, 5.74) is 1.01. The highest BCUT2D eigenvalue weighted by Gasteiger charge is 2.19. The van der Waals surface area contributed by atoms with E-state index in [0.29, 0.717) is 12.5 Å². The van der Waals surface area contributed by atoms with Crippen LogP contribution in [0.1, 0.15) is 6.42 Å². The van der Waals surface area contributed by atoms with Gasteiger partial charge in [0.25, 0.3) is 0 Å². The van der Waals surface area contributed by atoms with E-state index in [9.17, 15) is 0 Å². The van der Waals surface area contributed by atoms with Crippen LogP contribution in [0.3, 0.4) is 0 Å². The highest BCUT2D eigenvalue weighted by Crippen LogP contribution is 2.24. The first-order valence-corrected chi connectivity index (χ1v) is 5.11. The zero-order valence-corrected chi connectivity index (χ0v) is 8.27. The highest BCUT2D eigenvalue weighted by molar-refractivity contribution is 5.83. The Kier molecular flexibility index (Phi) is 2.07. The number of aromatic amines is 1. The fourth-order valence-electron chi connectivity index (χ4n) is 1.79. The van der Waals surface area contributed by atoms with Crippen LogP contribution < -0.4 is 4.74 Å². The van der Waals surface area contributed by atoms with Gasteiger partial charge in [0.2, 0.25) is 5.88 Å². The molecule has 2 heterocycles. The van der Waals surface area contributed by atoms with Crippen molar-refractivity contribution in [2.45, 2.75) is 12.5 Å². The summed E-state index contributed by atoms with van der Waals surface area (Å²) in [5.74, 6) is 0.682. The first-order valence-electron chi connectivity index (χ1n) is 5.11. The molecule has 1 N–H and O–H groups in total. The summed E-state index contributed by atoms with van der Waals surface area (Å²) in [5, 5.41) is 8.13. The number of nitrogens with zero attached hydrogens (tertiary/aromatic N) is 1. The molecule has 1 aliphatic rings. The maximum Gasteiger partial charge on any atom is 0.240 e. The SMILES string of the molecule is c1ccc2c(OC3CCOC3)n[nH]c2c1. The van der Waals surface area contributed by atoms with E-state index in [-0.39, 0.29) is 6.10 Å². The normalized spacial score (nSPS) is 20.9. The third-order valence-corrected chi connectivity index (χ3v) is 2.60. The van der Waals surface area contributed by atoms with Gasteiger partial charge in [0.15, 0.2) is 0 Å². The molecule has 1 aromatic heterocycles. The minimum atomic E-state index is 0.150. The van der Waals surface area contributed by atoms with Crippen molar-refractivity contribution in [2.24, 2.45) is 0 Å². The van der Waals surface area contributed by atoms with E-state index in [1.54, 1.807) is 0 Å². The second-order valence-electron chi connectivity index (χ2n) is 3.68. The summed E-state index contributed by atoms with van der Waals surface area (Å²) in [6.07, 6.45) is 1.10. The summed E-state index contributed by atoms with van der Waals surface area (Å²) in [7, 11) is 0. The van der Waals surface area contributed by atoms with Crippen LogP contribution in [0.2, 0.25) is 0 Å². The van der Waals surface area contributed by atoms with Crippen molar-refractivity contribution in [3.8, 4) is 5.88 Å². The van der Waals surface area contributed by atoms with Crippen LogP contribution in [0, 0.1) is 0 Å². The van der Waals surface area contributed by atoms with Crippen molar-refractivity contribution in [3.05, 3.63) is 24.3 Å². The number of H-pyrrole nitrogens is 1. The summed E-state index contributed by atoms with van der Waals surface area (Å²) < 4.78 is 11.0. The van der Waals surface area contributed by atoms with Crippen LogP contribution >= 0.6 is 0 Å². The molecule has 0 saturated carbocycles. The fourth-order valence-corrected chi connectivity index (χ4v) is 1.79. The average molecular weight is 204 g/mol. The lowest BCUT2D eigenvalue weighted by Gasteiger charge is -2.08. The van der Waals surface area contributed by atoms with Crippen molar-refractivity contribution in [1.29, 1.82) is 0 Å². The number of aromatic nitrogens is 2. The predicted octanol–water partition coefficient (Wildman–Crippen LogP) is 1.73. The largest absolute Gasteiger partial charge is 0.470 e. The van der Waals surface area contributed by atoms with E-state index >= 15 is 0 Å². The van der Waals surface area contributed by atoms with E-state index in [2.05, 4.69) is 10.2 Å². The number of nitrogens with one attached hydrogen (secondary N) is 1. The van der Waals surface area contributed by atoms with Gasteiger partial charge in [0.05, 0.1) is 24.1 Å². The summed E-state index contributed by atoms with van der Waals surface area (Å²) >= 11 is 0. The van der Waals surface area contributed by atoms with Crippen molar-refractivity contribution in [1.82, 2.24) is 10.2 Å². The molecule has 1 aromatic carbocycles. The molecule has 1 unspecified atom stereocenters. The number of ether oxygens (including phenoxy) is 2. The second-order valence-corrected chi connectivity index (χ2v) is 3.68. The Morgan fingerprint density at radius 3 is 3.20 bits per heavy atom. The Balaban J connectivity index is 1.90. The van der Waals surface area contributed by atoms with Crippen molar-refractivity contribution in [2.75, 3.05) is 13.2 Å². The average Bonchev–Trinajstić information content (AvgIpc) is 2.89. The van der Waals surface area contributed by atoms with Crippen LogP contribution in [0.25, 0.3) is 10.9 Å². The lowest BCUT2D eigenvalue weighted by atomic mass is 10.2. The second kappa shape index (κ2) is 3.55. The molecule has 0 amide bonds. The van der Waals surface area contributed by atoms with E-state index in [0.717, 1.165) is 23.9 Å². The third-order valence-electron chi connectivity index (χ3n) is 2.60. The van der Waals surface area contributed by atoms with Gasteiger partial charge < -0.3 is 9.47 Å². The molecule has 0 bridgehead atoms. The number of hydrogen-bond acceptors (Lipinski definition) is 3. The molecular weight excluding hydrogens is 192 g/mol. The molecular formula is C11H12N2O2. The minimum absolute atomic E-state index is 0.150. The van der Waals surface area contributed by atoms with Crippen molar-refractivity contribution in [3.63, 3.8) is 0 Å². The number of benzene rings is 1. The zero-order valence-electron chi connectivity index (χ0n) is 8.27. The molecule has 4 nitrogen and oxygen atoms in total. The van der Waals surface area contributed by atoms with Gasteiger partial charge in [-0.05, 0) is 12.1 Å². The topological polar surface area (TPSA) is 47.1 Å². The van der Waals surface area contributed by atoms with Crippen LogP contribution in [0.4, 0.5) is 0 Å². The maximum atomic E-state index is 5.76. The summed E-state index contributed by atoms with van der Waals surface area (Å²) in [4.78, 5) is 0.